The first kappa shape index (κ1) is 14.7. The first-order valence-electron chi connectivity index (χ1n) is 3.58. The molecule has 0 nitrogen and oxygen atoms in total. The third-order valence-electron chi connectivity index (χ3n) is 2.33. The lowest BCUT2D eigenvalue weighted by molar-refractivity contribution is 0.228. The van der Waals surface area contributed by atoms with Gasteiger partial charge in [-0.05, 0) is 5.92 Å². The van der Waals surface area contributed by atoms with Crippen LogP contribution < -0.4 is 0 Å². The van der Waals surface area contributed by atoms with E-state index in [0.29, 0.717) is 0 Å². The minimum atomic E-state index is -1.62. The molecular formula is C7H10Cl6. The van der Waals surface area contributed by atoms with E-state index in [2.05, 4.69) is 0 Å². The Hall–Kier alpha value is 1.74. The van der Waals surface area contributed by atoms with Crippen molar-refractivity contribution in [2.45, 2.75) is 28.4 Å². The van der Waals surface area contributed by atoms with E-state index in [4.69, 9.17) is 69.6 Å². The fourth-order valence-electron chi connectivity index (χ4n) is 0.815. The van der Waals surface area contributed by atoms with Crippen molar-refractivity contribution < 1.29 is 0 Å². The van der Waals surface area contributed by atoms with Crippen molar-refractivity contribution in [2.75, 3.05) is 0 Å². The molecule has 0 aliphatic heterocycles. The molecule has 0 unspecified atom stereocenters. The molecule has 0 rings (SSSR count). The number of hydrogen-bond acceptors (Lipinski definition) is 0. The normalized spacial score (nSPS) is 15.2. The molecule has 0 atom stereocenters. The van der Waals surface area contributed by atoms with Gasteiger partial charge in [0.1, 0.15) is 0 Å². The molecule has 0 aromatic rings. The van der Waals surface area contributed by atoms with E-state index < -0.39 is 13.0 Å². The first-order chi connectivity index (χ1) is 5.44. The van der Waals surface area contributed by atoms with E-state index in [9.17, 15) is 0 Å². The lowest BCUT2D eigenvalue weighted by Crippen LogP contribution is -2.47. The summed E-state index contributed by atoms with van der Waals surface area (Å²) in [5.41, 5.74) is -1.03. The molecule has 0 N–H and O–H groups in total. The van der Waals surface area contributed by atoms with Crippen LogP contribution >= 0.6 is 69.6 Å². The Kier molecular flexibility index (Phi) is 4.89. The first-order valence-corrected chi connectivity index (χ1v) is 5.85. The zero-order chi connectivity index (χ0) is 11.1. The Bertz CT molecular complexity index is 160. The number of rotatable bonds is 1. The fourth-order valence-corrected chi connectivity index (χ4v) is 3.41. The van der Waals surface area contributed by atoms with E-state index in [1.807, 2.05) is 13.8 Å². The standard InChI is InChI=1S/C7H10Cl6/c1-4(2)5(3,6(8,9)10)7(11,12)13/h4H,1-3H3. The van der Waals surface area contributed by atoms with Gasteiger partial charge in [0.05, 0.1) is 5.41 Å². The van der Waals surface area contributed by atoms with E-state index in [0.717, 1.165) is 0 Å². The van der Waals surface area contributed by atoms with E-state index in [-0.39, 0.29) is 5.92 Å². The second-order valence-corrected chi connectivity index (χ2v) is 7.92. The van der Waals surface area contributed by atoms with Crippen LogP contribution in [0.5, 0.6) is 0 Å². The van der Waals surface area contributed by atoms with Crippen LogP contribution in [0.15, 0.2) is 0 Å². The lowest BCUT2D eigenvalue weighted by Gasteiger charge is -2.44. The van der Waals surface area contributed by atoms with Crippen LogP contribution in [-0.2, 0) is 0 Å². The number of hydrogen-bond donors (Lipinski definition) is 0. The third kappa shape index (κ3) is 2.86. The SMILES string of the molecule is CC(C)C(C)(C(Cl)(Cl)Cl)C(Cl)(Cl)Cl. The van der Waals surface area contributed by atoms with E-state index >= 15 is 0 Å². The Labute approximate surface area is 109 Å². The van der Waals surface area contributed by atoms with Gasteiger partial charge >= 0.3 is 0 Å². The molecule has 0 aromatic heterocycles. The highest BCUT2D eigenvalue weighted by Crippen LogP contribution is 2.60. The zero-order valence-corrected chi connectivity index (χ0v) is 11.9. The van der Waals surface area contributed by atoms with Gasteiger partial charge in [0, 0.05) is 0 Å². The van der Waals surface area contributed by atoms with E-state index in [1.165, 1.54) is 0 Å². The molecule has 0 spiro atoms. The van der Waals surface area contributed by atoms with Gasteiger partial charge in [0.2, 0.25) is 0 Å². The summed E-state index contributed by atoms with van der Waals surface area (Å²) in [6, 6.07) is 0. The highest BCUT2D eigenvalue weighted by Gasteiger charge is 2.59. The zero-order valence-electron chi connectivity index (χ0n) is 7.35. The quantitative estimate of drug-likeness (QED) is 0.570. The molecule has 0 aliphatic carbocycles. The van der Waals surface area contributed by atoms with Gasteiger partial charge < -0.3 is 0 Å². The Morgan fingerprint density at radius 1 is 0.769 bits per heavy atom. The minimum absolute atomic E-state index is 0.0764. The van der Waals surface area contributed by atoms with Crippen LogP contribution in [0.2, 0.25) is 0 Å². The predicted octanol–water partition coefficient (Wildman–Crippen LogP) is 5.39. The van der Waals surface area contributed by atoms with Crippen molar-refractivity contribution in [1.29, 1.82) is 0 Å². The lowest BCUT2D eigenvalue weighted by atomic mass is 9.82. The molecule has 0 radical (unpaired) electrons. The average molecular weight is 307 g/mol. The maximum atomic E-state index is 5.80. The van der Waals surface area contributed by atoms with Crippen molar-refractivity contribution in [3.8, 4) is 0 Å². The van der Waals surface area contributed by atoms with Gasteiger partial charge in [-0.2, -0.15) is 0 Å². The molecule has 0 aliphatic rings. The summed E-state index contributed by atoms with van der Waals surface area (Å²) >= 11 is 34.8. The Balaban J connectivity index is 5.22. The van der Waals surface area contributed by atoms with Gasteiger partial charge in [0.25, 0.3) is 0 Å². The predicted molar refractivity (Wildman–Crippen MR) is 63.5 cm³/mol. The van der Waals surface area contributed by atoms with Crippen molar-refractivity contribution in [3.63, 3.8) is 0 Å². The maximum absolute atomic E-state index is 5.80. The van der Waals surface area contributed by atoms with Crippen LogP contribution in [0.25, 0.3) is 0 Å². The summed E-state index contributed by atoms with van der Waals surface area (Å²) < 4.78 is -3.24. The minimum Gasteiger partial charge on any atom is -0.0829 e. The molecule has 0 saturated carbocycles. The Morgan fingerprint density at radius 2 is 1.00 bits per heavy atom. The largest absolute Gasteiger partial charge is 0.200 e. The monoisotopic (exact) mass is 304 g/mol. The molecule has 6 heteroatoms. The highest BCUT2D eigenvalue weighted by molar-refractivity contribution is 6.73. The molecular weight excluding hydrogens is 297 g/mol. The van der Waals surface area contributed by atoms with Crippen LogP contribution in [0.1, 0.15) is 20.8 Å². The van der Waals surface area contributed by atoms with Crippen molar-refractivity contribution >= 4 is 69.6 Å². The number of halogens is 6. The van der Waals surface area contributed by atoms with Gasteiger partial charge in [-0.1, -0.05) is 90.4 Å². The second-order valence-electron chi connectivity index (χ2n) is 3.35. The molecule has 0 saturated heterocycles. The fraction of sp³-hybridized carbons (Fsp3) is 1.00. The van der Waals surface area contributed by atoms with Crippen molar-refractivity contribution in [2.24, 2.45) is 11.3 Å². The summed E-state index contributed by atoms with van der Waals surface area (Å²) in [6.07, 6.45) is 0. The van der Waals surface area contributed by atoms with Gasteiger partial charge in [-0.15, -0.1) is 0 Å². The molecule has 0 fully saturated rings. The van der Waals surface area contributed by atoms with Gasteiger partial charge in [-0.25, -0.2) is 0 Å². The summed E-state index contributed by atoms with van der Waals surface area (Å²) in [7, 11) is 0. The van der Waals surface area contributed by atoms with Crippen LogP contribution in [0.4, 0.5) is 0 Å². The van der Waals surface area contributed by atoms with Crippen molar-refractivity contribution in [3.05, 3.63) is 0 Å². The highest BCUT2D eigenvalue weighted by atomic mass is 35.6. The van der Waals surface area contributed by atoms with Crippen molar-refractivity contribution in [1.82, 2.24) is 0 Å². The molecule has 13 heavy (non-hydrogen) atoms. The summed E-state index contributed by atoms with van der Waals surface area (Å²) in [5, 5.41) is 0. The van der Waals surface area contributed by atoms with Crippen LogP contribution in [0.3, 0.4) is 0 Å². The number of alkyl halides is 6. The average Bonchev–Trinajstić information content (AvgIpc) is 1.80. The molecule has 80 valence electrons. The Morgan fingerprint density at radius 3 is 1.00 bits per heavy atom. The topological polar surface area (TPSA) is 0 Å². The molecule has 0 aromatic carbocycles. The summed E-state index contributed by atoms with van der Waals surface area (Å²) in [4.78, 5) is 0. The van der Waals surface area contributed by atoms with Crippen LogP contribution in [0, 0.1) is 11.3 Å². The van der Waals surface area contributed by atoms with Gasteiger partial charge in [0.15, 0.2) is 7.59 Å². The summed E-state index contributed by atoms with van der Waals surface area (Å²) in [5.74, 6) is -0.0764. The molecule has 0 heterocycles. The molecule has 0 bridgehead atoms. The third-order valence-corrected chi connectivity index (χ3v) is 4.69. The smallest absolute Gasteiger partial charge is 0.0829 e. The summed E-state index contributed by atoms with van der Waals surface area (Å²) in [6.45, 7) is 5.31. The maximum Gasteiger partial charge on any atom is 0.200 e. The second kappa shape index (κ2) is 4.31. The van der Waals surface area contributed by atoms with Crippen LogP contribution in [-0.4, -0.2) is 7.59 Å². The van der Waals surface area contributed by atoms with E-state index in [1.54, 1.807) is 6.92 Å². The molecule has 0 amide bonds. The van der Waals surface area contributed by atoms with Gasteiger partial charge in [-0.3, -0.25) is 0 Å².